The second kappa shape index (κ2) is 6.93. The van der Waals surface area contributed by atoms with Gasteiger partial charge >= 0.3 is 0 Å². The van der Waals surface area contributed by atoms with Crippen LogP contribution in [0.5, 0.6) is 0 Å². The monoisotopic (exact) mass is 359 g/mol. The molecule has 1 fully saturated rings. The molecule has 0 bridgehead atoms. The van der Waals surface area contributed by atoms with Crippen molar-refractivity contribution in [2.24, 2.45) is 0 Å². The maximum atomic E-state index is 11.5. The Morgan fingerprint density at radius 3 is 1.85 bits per heavy atom. The number of hydrogen-bond acceptors (Lipinski definition) is 3. The summed E-state index contributed by atoms with van der Waals surface area (Å²) in [7, 11) is 0. The molecule has 1 aliphatic rings. The molecular weight excluding hydrogens is 334 g/mol. The molecule has 3 aromatic carbocycles. The first-order chi connectivity index (χ1) is 13.1. The molecule has 0 unspecified atom stereocenters. The van der Waals surface area contributed by atoms with Gasteiger partial charge in [-0.05, 0) is 30.5 Å². The van der Waals surface area contributed by atoms with Gasteiger partial charge in [0.05, 0.1) is 18.2 Å². The van der Waals surface area contributed by atoms with Gasteiger partial charge in [-0.3, -0.25) is 0 Å². The van der Waals surface area contributed by atoms with Crippen molar-refractivity contribution < 1.29 is 9.94 Å². The van der Waals surface area contributed by atoms with Crippen LogP contribution in [0.1, 0.15) is 36.6 Å². The fourth-order valence-electron chi connectivity index (χ4n) is 3.82. The number of nitrogens with zero attached hydrogens (tertiary/aromatic N) is 1. The first-order valence-corrected chi connectivity index (χ1v) is 9.34. The zero-order chi connectivity index (χ0) is 18.9. The van der Waals surface area contributed by atoms with Gasteiger partial charge < -0.3 is 9.94 Å². The highest BCUT2D eigenvalue weighted by Gasteiger charge is 2.58. The van der Waals surface area contributed by atoms with Crippen molar-refractivity contribution in [2.45, 2.75) is 31.0 Å². The number of hydrogen-bond donors (Lipinski definition) is 1. The molecular formula is C24H25NO2. The quantitative estimate of drug-likeness (QED) is 0.480. The van der Waals surface area contributed by atoms with Crippen LogP contribution in [-0.4, -0.2) is 16.9 Å². The lowest BCUT2D eigenvalue weighted by molar-refractivity contribution is -0.215. The number of epoxide rings is 1. The Balaban J connectivity index is 1.80. The minimum absolute atomic E-state index is 0.323. The molecule has 3 nitrogen and oxygen atoms in total. The Bertz CT molecular complexity index is 874. The van der Waals surface area contributed by atoms with E-state index in [1.165, 1.54) is 5.06 Å². The minimum Gasteiger partial charge on any atom is -0.362 e. The fraction of sp³-hybridized carbons (Fsp3) is 0.250. The van der Waals surface area contributed by atoms with E-state index in [0.29, 0.717) is 6.61 Å². The van der Waals surface area contributed by atoms with Crippen molar-refractivity contribution >= 4 is 0 Å². The molecule has 1 saturated heterocycles. The van der Waals surface area contributed by atoms with Crippen molar-refractivity contribution in [3.05, 3.63) is 108 Å². The summed E-state index contributed by atoms with van der Waals surface area (Å²) in [6.45, 7) is 4.66. The largest absolute Gasteiger partial charge is 0.362 e. The normalized spacial score (nSPS) is 20.4. The van der Waals surface area contributed by atoms with Crippen molar-refractivity contribution in [3.8, 4) is 0 Å². The van der Waals surface area contributed by atoms with Gasteiger partial charge in [0.1, 0.15) is 5.60 Å². The van der Waals surface area contributed by atoms with Crippen molar-refractivity contribution in [1.82, 2.24) is 5.06 Å². The number of rotatable bonds is 6. The molecule has 138 valence electrons. The minimum atomic E-state index is -0.588. The summed E-state index contributed by atoms with van der Waals surface area (Å²) in [5.74, 6) is 0. The average molecular weight is 359 g/mol. The van der Waals surface area contributed by atoms with E-state index < -0.39 is 11.1 Å². The van der Waals surface area contributed by atoms with Crippen LogP contribution in [0.2, 0.25) is 0 Å². The Hall–Kier alpha value is -2.46. The maximum absolute atomic E-state index is 11.5. The molecule has 0 amide bonds. The van der Waals surface area contributed by atoms with E-state index in [2.05, 4.69) is 24.3 Å². The van der Waals surface area contributed by atoms with Crippen LogP contribution in [-0.2, 0) is 15.9 Å². The van der Waals surface area contributed by atoms with Gasteiger partial charge in [0.25, 0.3) is 0 Å². The van der Waals surface area contributed by atoms with Gasteiger partial charge in [0.2, 0.25) is 0 Å². The van der Waals surface area contributed by atoms with Gasteiger partial charge in [-0.15, -0.1) is 0 Å². The predicted molar refractivity (Wildman–Crippen MR) is 106 cm³/mol. The average Bonchev–Trinajstić information content (AvgIpc) is 3.52. The van der Waals surface area contributed by atoms with Gasteiger partial charge in [0.15, 0.2) is 0 Å². The summed E-state index contributed by atoms with van der Waals surface area (Å²) in [6, 6.07) is 30.1. The van der Waals surface area contributed by atoms with E-state index in [1.807, 2.05) is 80.6 Å². The Morgan fingerprint density at radius 2 is 1.33 bits per heavy atom. The first-order valence-electron chi connectivity index (χ1n) is 9.34. The third-order valence-corrected chi connectivity index (χ3v) is 5.57. The number of hydroxylamine groups is 2. The van der Waals surface area contributed by atoms with Gasteiger partial charge in [0, 0.05) is 0 Å². The smallest absolute Gasteiger partial charge is 0.138 e. The van der Waals surface area contributed by atoms with E-state index in [0.717, 1.165) is 16.7 Å². The first kappa shape index (κ1) is 17.9. The zero-order valence-corrected chi connectivity index (χ0v) is 15.7. The summed E-state index contributed by atoms with van der Waals surface area (Å²) < 4.78 is 6.05. The summed E-state index contributed by atoms with van der Waals surface area (Å²) in [4.78, 5) is 0. The topological polar surface area (TPSA) is 36.0 Å². The van der Waals surface area contributed by atoms with Crippen molar-refractivity contribution in [3.63, 3.8) is 0 Å². The molecule has 2 atom stereocenters. The summed E-state index contributed by atoms with van der Waals surface area (Å²) in [5.41, 5.74) is 2.03. The molecule has 1 N–H and O–H groups in total. The van der Waals surface area contributed by atoms with E-state index in [-0.39, 0.29) is 6.04 Å². The van der Waals surface area contributed by atoms with Crippen LogP contribution in [0.3, 0.4) is 0 Å². The maximum Gasteiger partial charge on any atom is 0.138 e. The van der Waals surface area contributed by atoms with E-state index in [1.54, 1.807) is 0 Å². The van der Waals surface area contributed by atoms with Crippen LogP contribution >= 0.6 is 0 Å². The highest BCUT2D eigenvalue weighted by Crippen LogP contribution is 2.53. The summed E-state index contributed by atoms with van der Waals surface area (Å²) in [6.07, 6.45) is 0. The third kappa shape index (κ3) is 3.19. The molecule has 0 radical (unpaired) electrons. The highest BCUT2D eigenvalue weighted by atomic mass is 16.6. The van der Waals surface area contributed by atoms with Crippen LogP contribution in [0, 0.1) is 0 Å². The molecule has 0 aliphatic carbocycles. The molecule has 3 aromatic rings. The lowest BCUT2D eigenvalue weighted by Crippen LogP contribution is -2.46. The SMILES string of the molecule is CC(C)(c1ccccc1)N(O)[C@@H](c1ccccc1)[C@]1(c2ccccc2)CO1. The van der Waals surface area contributed by atoms with Crippen LogP contribution in [0.15, 0.2) is 91.0 Å². The van der Waals surface area contributed by atoms with E-state index >= 15 is 0 Å². The molecule has 1 heterocycles. The summed E-state index contributed by atoms with van der Waals surface area (Å²) in [5, 5.41) is 13.0. The van der Waals surface area contributed by atoms with Gasteiger partial charge in [-0.2, -0.15) is 5.06 Å². The Labute approximate surface area is 160 Å². The third-order valence-electron chi connectivity index (χ3n) is 5.57. The number of benzene rings is 3. The molecule has 0 aromatic heterocycles. The van der Waals surface area contributed by atoms with Gasteiger partial charge in [-0.25, -0.2) is 0 Å². The lowest BCUT2D eigenvalue weighted by atomic mass is 9.83. The Morgan fingerprint density at radius 1 is 0.852 bits per heavy atom. The molecule has 4 rings (SSSR count). The number of ether oxygens (including phenoxy) is 1. The van der Waals surface area contributed by atoms with Gasteiger partial charge in [-0.1, -0.05) is 91.0 Å². The van der Waals surface area contributed by atoms with Crippen LogP contribution in [0.4, 0.5) is 0 Å². The lowest BCUT2D eigenvalue weighted by Gasteiger charge is -2.42. The van der Waals surface area contributed by atoms with Crippen molar-refractivity contribution in [2.75, 3.05) is 6.61 Å². The van der Waals surface area contributed by atoms with E-state index in [4.69, 9.17) is 4.74 Å². The van der Waals surface area contributed by atoms with E-state index in [9.17, 15) is 5.21 Å². The second-order valence-electron chi connectivity index (χ2n) is 7.63. The van der Waals surface area contributed by atoms with Crippen LogP contribution in [0.25, 0.3) is 0 Å². The molecule has 3 heteroatoms. The second-order valence-corrected chi connectivity index (χ2v) is 7.63. The molecule has 0 spiro atoms. The predicted octanol–water partition coefficient (Wildman–Crippen LogP) is 5.28. The molecule has 27 heavy (non-hydrogen) atoms. The molecule has 1 aliphatic heterocycles. The fourth-order valence-corrected chi connectivity index (χ4v) is 3.82. The van der Waals surface area contributed by atoms with Crippen molar-refractivity contribution in [1.29, 1.82) is 0 Å². The zero-order valence-electron chi connectivity index (χ0n) is 15.7. The highest BCUT2D eigenvalue weighted by molar-refractivity contribution is 5.35. The van der Waals surface area contributed by atoms with Crippen LogP contribution < -0.4 is 0 Å². The Kier molecular flexibility index (Phi) is 4.60. The molecule has 0 saturated carbocycles. The standard InChI is InChI=1S/C24H25NO2/c1-23(2,20-14-8-4-9-15-20)25(26)22(19-12-6-3-7-13-19)24(18-27-24)21-16-10-5-11-17-21/h3-17,22,26H,18H2,1-2H3/t22-,24+/m0/s1. The summed E-state index contributed by atoms with van der Waals surface area (Å²) >= 11 is 0.